The van der Waals surface area contributed by atoms with Crippen LogP contribution >= 0.6 is 0 Å². The fourth-order valence-electron chi connectivity index (χ4n) is 3.98. The molecule has 0 bridgehead atoms. The Labute approximate surface area is 211 Å². The van der Waals surface area contributed by atoms with Gasteiger partial charge in [-0.3, -0.25) is 4.79 Å². The zero-order valence-corrected chi connectivity index (χ0v) is 22.5. The third-order valence-electron chi connectivity index (χ3n) is 6.06. The number of ether oxygens (including phenoxy) is 1. The fraction of sp³-hybridized carbons (Fsp3) is 0.690. The Bertz CT molecular complexity index is 601. The van der Waals surface area contributed by atoms with Crippen LogP contribution < -0.4 is 12.4 Å². The van der Waals surface area contributed by atoms with Crippen LogP contribution in [0.4, 0.5) is 0 Å². The molecular formula is C29H50ClNO2. The van der Waals surface area contributed by atoms with Crippen LogP contribution in [0.15, 0.2) is 42.5 Å². The number of unbranched alkanes of at least 4 members (excludes halogenated alkanes) is 11. The van der Waals surface area contributed by atoms with Crippen LogP contribution in [0.1, 0.15) is 102 Å². The number of halogens is 1. The van der Waals surface area contributed by atoms with Crippen molar-refractivity contribution in [3.05, 3.63) is 48.0 Å². The average molecular weight is 480 g/mol. The van der Waals surface area contributed by atoms with E-state index >= 15 is 0 Å². The van der Waals surface area contributed by atoms with Gasteiger partial charge in [-0.25, -0.2) is 0 Å². The summed E-state index contributed by atoms with van der Waals surface area (Å²) in [4.78, 5) is 12.0. The molecule has 0 aliphatic carbocycles. The molecule has 190 valence electrons. The number of nitrogens with zero attached hydrogens (tertiary/aromatic N) is 1. The number of allylic oxidation sites excluding steroid dienone is 2. The molecule has 0 aliphatic rings. The summed E-state index contributed by atoms with van der Waals surface area (Å²) < 4.78 is 6.30. The molecule has 0 aromatic heterocycles. The van der Waals surface area contributed by atoms with Crippen molar-refractivity contribution < 1.29 is 26.4 Å². The van der Waals surface area contributed by atoms with Crippen molar-refractivity contribution >= 4 is 5.97 Å². The van der Waals surface area contributed by atoms with E-state index in [4.69, 9.17) is 4.74 Å². The maximum Gasteiger partial charge on any atom is 0.305 e. The number of carbonyl (C=O) groups excluding carboxylic acids is 1. The second kappa shape index (κ2) is 21.2. The highest BCUT2D eigenvalue weighted by atomic mass is 35.5. The minimum atomic E-state index is -0.0395. The van der Waals surface area contributed by atoms with E-state index in [2.05, 4.69) is 57.4 Å². The molecule has 0 saturated carbocycles. The van der Waals surface area contributed by atoms with Crippen LogP contribution in [0.25, 0.3) is 0 Å². The summed E-state index contributed by atoms with van der Waals surface area (Å²) in [5, 5.41) is 0. The maximum absolute atomic E-state index is 12.0. The second-order valence-electron chi connectivity index (χ2n) is 9.86. The van der Waals surface area contributed by atoms with Crippen LogP contribution in [0.2, 0.25) is 0 Å². The van der Waals surface area contributed by atoms with Gasteiger partial charge in [0.2, 0.25) is 0 Å². The molecule has 0 aliphatic heterocycles. The van der Waals surface area contributed by atoms with Crippen LogP contribution in [-0.4, -0.2) is 37.7 Å². The van der Waals surface area contributed by atoms with Crippen molar-refractivity contribution in [1.29, 1.82) is 0 Å². The molecule has 1 aromatic rings. The van der Waals surface area contributed by atoms with Crippen molar-refractivity contribution in [2.75, 3.05) is 27.2 Å². The van der Waals surface area contributed by atoms with E-state index in [-0.39, 0.29) is 18.4 Å². The molecule has 0 atom stereocenters. The highest BCUT2D eigenvalue weighted by molar-refractivity contribution is 5.69. The van der Waals surface area contributed by atoms with Gasteiger partial charge in [-0.05, 0) is 32.1 Å². The summed E-state index contributed by atoms with van der Waals surface area (Å²) in [7, 11) is 4.37. The van der Waals surface area contributed by atoms with Crippen molar-refractivity contribution in [1.82, 2.24) is 0 Å². The standard InChI is InChI=1S/C29H50NO2.ClH/c1-4-5-6-7-8-9-10-11-12-13-14-15-16-17-21-24-29(31)32-26-25-30(2,3)27-28-22-19-18-20-23-28;/h11-12,18-20,22-23H,4-10,13-17,21,24-27H2,1-3H3;1H/q+1;/p-1/b12-11-;. The lowest BCUT2D eigenvalue weighted by atomic mass is 10.1. The fourth-order valence-corrected chi connectivity index (χ4v) is 3.98. The molecule has 1 rings (SSSR count). The highest BCUT2D eigenvalue weighted by Crippen LogP contribution is 2.11. The molecule has 0 unspecified atom stereocenters. The number of hydrogen-bond donors (Lipinski definition) is 0. The van der Waals surface area contributed by atoms with Crippen molar-refractivity contribution in [2.45, 2.75) is 103 Å². The van der Waals surface area contributed by atoms with E-state index in [0.29, 0.717) is 13.0 Å². The first-order chi connectivity index (χ1) is 15.5. The van der Waals surface area contributed by atoms with Gasteiger partial charge in [-0.2, -0.15) is 0 Å². The molecule has 0 spiro atoms. The number of esters is 1. The zero-order valence-electron chi connectivity index (χ0n) is 21.7. The summed E-state index contributed by atoms with van der Waals surface area (Å²) in [6, 6.07) is 10.5. The van der Waals surface area contributed by atoms with Gasteiger partial charge in [0.05, 0.1) is 14.1 Å². The first-order valence-corrected chi connectivity index (χ1v) is 13.2. The molecule has 0 N–H and O–H groups in total. The van der Waals surface area contributed by atoms with Gasteiger partial charge >= 0.3 is 5.97 Å². The van der Waals surface area contributed by atoms with Crippen LogP contribution in [0, 0.1) is 0 Å². The second-order valence-corrected chi connectivity index (χ2v) is 9.86. The average Bonchev–Trinajstić information content (AvgIpc) is 2.76. The van der Waals surface area contributed by atoms with Crippen molar-refractivity contribution in [3.8, 4) is 0 Å². The van der Waals surface area contributed by atoms with E-state index in [1.807, 2.05) is 6.07 Å². The molecule has 0 fully saturated rings. The Morgan fingerprint density at radius 3 is 1.97 bits per heavy atom. The number of hydrogen-bond acceptors (Lipinski definition) is 2. The van der Waals surface area contributed by atoms with Crippen LogP contribution in [0.3, 0.4) is 0 Å². The molecule has 4 heteroatoms. The van der Waals surface area contributed by atoms with E-state index in [0.717, 1.165) is 30.4 Å². The first kappa shape index (κ1) is 31.7. The monoisotopic (exact) mass is 479 g/mol. The summed E-state index contributed by atoms with van der Waals surface area (Å²) in [5.74, 6) is -0.0395. The largest absolute Gasteiger partial charge is 1.00 e. The molecule has 1 aromatic carbocycles. The third-order valence-corrected chi connectivity index (χ3v) is 6.06. The van der Waals surface area contributed by atoms with E-state index in [1.165, 1.54) is 76.2 Å². The highest BCUT2D eigenvalue weighted by Gasteiger charge is 2.16. The van der Waals surface area contributed by atoms with Gasteiger partial charge in [0, 0.05) is 12.0 Å². The lowest BCUT2D eigenvalue weighted by Gasteiger charge is -2.29. The Morgan fingerprint density at radius 2 is 1.36 bits per heavy atom. The van der Waals surface area contributed by atoms with Gasteiger partial charge in [0.1, 0.15) is 19.7 Å². The topological polar surface area (TPSA) is 26.3 Å². The zero-order chi connectivity index (χ0) is 23.3. The summed E-state index contributed by atoms with van der Waals surface area (Å²) >= 11 is 0. The number of rotatable bonds is 20. The SMILES string of the molecule is CCCCCCCC/C=C\CCCCCCCC(=O)OCC[N+](C)(C)Cc1ccccc1.[Cl-]. The van der Waals surface area contributed by atoms with Crippen molar-refractivity contribution in [2.24, 2.45) is 0 Å². The molecule has 33 heavy (non-hydrogen) atoms. The van der Waals surface area contributed by atoms with E-state index < -0.39 is 0 Å². The predicted octanol–water partition coefficient (Wildman–Crippen LogP) is 4.85. The van der Waals surface area contributed by atoms with Gasteiger partial charge in [-0.1, -0.05) is 101 Å². The quantitative estimate of drug-likeness (QED) is 0.116. The number of carbonyl (C=O) groups is 1. The number of quaternary nitrogens is 1. The van der Waals surface area contributed by atoms with Crippen LogP contribution in [0.5, 0.6) is 0 Å². The minimum Gasteiger partial charge on any atom is -1.00 e. The predicted molar refractivity (Wildman–Crippen MR) is 138 cm³/mol. The van der Waals surface area contributed by atoms with Gasteiger partial charge in [-0.15, -0.1) is 0 Å². The molecule has 0 heterocycles. The summed E-state index contributed by atoms with van der Waals surface area (Å²) in [6.07, 6.45) is 21.9. The molecule has 0 radical (unpaired) electrons. The van der Waals surface area contributed by atoms with Gasteiger partial charge in [0.25, 0.3) is 0 Å². The third kappa shape index (κ3) is 19.8. The number of likely N-dealkylation sites (N-methyl/N-ethyl adjacent to an activating group) is 1. The summed E-state index contributed by atoms with van der Waals surface area (Å²) in [6.45, 7) is 4.57. The lowest BCUT2D eigenvalue weighted by Crippen LogP contribution is -3.00. The maximum atomic E-state index is 12.0. The number of benzene rings is 1. The minimum absolute atomic E-state index is 0. The van der Waals surface area contributed by atoms with Gasteiger partial charge in [0.15, 0.2) is 0 Å². The van der Waals surface area contributed by atoms with Crippen LogP contribution in [-0.2, 0) is 16.1 Å². The molecule has 3 nitrogen and oxygen atoms in total. The van der Waals surface area contributed by atoms with E-state index in [9.17, 15) is 4.79 Å². The molecule has 0 saturated heterocycles. The first-order valence-electron chi connectivity index (χ1n) is 13.2. The Hall–Kier alpha value is -1.32. The summed E-state index contributed by atoms with van der Waals surface area (Å²) in [5.41, 5.74) is 1.32. The smallest absolute Gasteiger partial charge is 0.305 e. The Balaban J connectivity index is 0.0000102. The normalized spacial score (nSPS) is 11.5. The van der Waals surface area contributed by atoms with Crippen molar-refractivity contribution in [3.63, 3.8) is 0 Å². The molecule has 0 amide bonds. The lowest BCUT2D eigenvalue weighted by molar-refractivity contribution is -0.903. The Kier molecular flexibility index (Phi) is 20.4. The van der Waals surface area contributed by atoms with E-state index in [1.54, 1.807) is 0 Å². The Morgan fingerprint density at radius 1 is 0.818 bits per heavy atom. The molecular weight excluding hydrogens is 430 g/mol. The van der Waals surface area contributed by atoms with Gasteiger partial charge < -0.3 is 21.6 Å².